The Morgan fingerprint density at radius 3 is 2.68 bits per heavy atom. The summed E-state index contributed by atoms with van der Waals surface area (Å²) in [6.45, 7) is 1.79. The van der Waals surface area contributed by atoms with Gasteiger partial charge >= 0.3 is 5.97 Å². The van der Waals surface area contributed by atoms with Crippen LogP contribution in [0.25, 0.3) is 0 Å². The van der Waals surface area contributed by atoms with E-state index in [9.17, 15) is 9.59 Å². The van der Waals surface area contributed by atoms with E-state index in [4.69, 9.17) is 14.6 Å². The Balaban J connectivity index is 2.07. The lowest BCUT2D eigenvalue weighted by Crippen LogP contribution is -2.47. The molecule has 1 N–H and O–H groups in total. The number of nitrogens with zero attached hydrogens (tertiary/aromatic N) is 1. The molecule has 1 aromatic rings. The van der Waals surface area contributed by atoms with Crippen molar-refractivity contribution in [3.63, 3.8) is 0 Å². The number of rotatable bonds is 4. The number of carbonyl (C=O) groups is 2. The number of likely N-dealkylation sites (N-methyl/N-ethyl adjacent to an activating group) is 1. The highest BCUT2D eigenvalue weighted by Crippen LogP contribution is 2.31. The first-order chi connectivity index (χ1) is 9.11. The number of fused-ring (bicyclic) bond motifs is 1. The molecule has 0 spiro atoms. The minimum atomic E-state index is -1.05. The Hall–Kier alpha value is -2.24. The van der Waals surface area contributed by atoms with Crippen LogP contribution in [0, 0.1) is 0 Å². The summed E-state index contributed by atoms with van der Waals surface area (Å²) < 4.78 is 11.0. The number of hydrogen-bond donors (Lipinski definition) is 1. The van der Waals surface area contributed by atoms with E-state index in [1.165, 1.54) is 4.90 Å². The van der Waals surface area contributed by atoms with Crippen molar-refractivity contribution in [2.24, 2.45) is 0 Å². The maximum Gasteiger partial charge on any atom is 0.323 e. The van der Waals surface area contributed by atoms with Crippen molar-refractivity contribution in [3.05, 3.63) is 24.3 Å². The predicted octanol–water partition coefficient (Wildman–Crippen LogP) is 0.759. The Bertz CT molecular complexity index is 488. The van der Waals surface area contributed by atoms with Crippen LogP contribution >= 0.6 is 0 Å². The molecule has 102 valence electrons. The molecule has 1 aromatic carbocycles. The van der Waals surface area contributed by atoms with Gasteiger partial charge in [0.1, 0.15) is 13.2 Å². The zero-order valence-corrected chi connectivity index (χ0v) is 10.5. The predicted molar refractivity (Wildman–Crippen MR) is 66.2 cm³/mol. The van der Waals surface area contributed by atoms with Crippen LogP contribution in [0.15, 0.2) is 24.3 Å². The molecule has 2 rings (SSSR count). The largest absolute Gasteiger partial charge is 0.485 e. The maximum atomic E-state index is 12.1. The van der Waals surface area contributed by atoms with Crippen molar-refractivity contribution in [1.29, 1.82) is 0 Å². The Morgan fingerprint density at radius 1 is 1.37 bits per heavy atom. The van der Waals surface area contributed by atoms with Gasteiger partial charge in [-0.1, -0.05) is 12.1 Å². The van der Waals surface area contributed by atoms with Crippen LogP contribution in [0.2, 0.25) is 0 Å². The molecule has 6 heteroatoms. The zero-order chi connectivity index (χ0) is 13.8. The van der Waals surface area contributed by atoms with Gasteiger partial charge in [-0.3, -0.25) is 9.59 Å². The lowest BCUT2D eigenvalue weighted by Gasteiger charge is -2.29. The van der Waals surface area contributed by atoms with Crippen molar-refractivity contribution in [3.8, 4) is 11.5 Å². The first-order valence-electron chi connectivity index (χ1n) is 6.01. The van der Waals surface area contributed by atoms with Gasteiger partial charge in [-0.25, -0.2) is 0 Å². The van der Waals surface area contributed by atoms with Crippen LogP contribution < -0.4 is 9.47 Å². The fraction of sp³-hybridized carbons (Fsp3) is 0.385. The Kier molecular flexibility index (Phi) is 3.89. The van der Waals surface area contributed by atoms with E-state index in [0.29, 0.717) is 18.0 Å². The third-order valence-corrected chi connectivity index (χ3v) is 2.80. The molecule has 0 aliphatic carbocycles. The molecule has 0 radical (unpaired) electrons. The standard InChI is InChI=1S/C13H15NO5/c1-2-14(7-12(15)16)13(17)11-8-18-9-5-3-4-6-10(9)19-11/h3-6,11H,2,7-8H2,1H3,(H,15,16). The second kappa shape index (κ2) is 5.60. The summed E-state index contributed by atoms with van der Waals surface area (Å²) in [4.78, 5) is 24.0. The minimum absolute atomic E-state index is 0.0893. The lowest BCUT2D eigenvalue weighted by molar-refractivity contribution is -0.149. The van der Waals surface area contributed by atoms with Crippen molar-refractivity contribution >= 4 is 11.9 Å². The van der Waals surface area contributed by atoms with E-state index < -0.39 is 12.1 Å². The van der Waals surface area contributed by atoms with E-state index in [1.54, 1.807) is 25.1 Å². The molecule has 1 aliphatic heterocycles. The lowest BCUT2D eigenvalue weighted by atomic mass is 10.2. The van der Waals surface area contributed by atoms with Crippen LogP contribution in [0.3, 0.4) is 0 Å². The molecule has 0 bridgehead atoms. The van der Waals surface area contributed by atoms with Crippen molar-refractivity contribution < 1.29 is 24.2 Å². The van der Waals surface area contributed by atoms with Crippen molar-refractivity contribution in [2.45, 2.75) is 13.0 Å². The van der Waals surface area contributed by atoms with E-state index >= 15 is 0 Å². The molecule has 1 amide bonds. The van der Waals surface area contributed by atoms with Crippen molar-refractivity contribution in [2.75, 3.05) is 19.7 Å². The summed E-state index contributed by atoms with van der Waals surface area (Å²) in [5.41, 5.74) is 0. The van der Waals surface area contributed by atoms with Gasteiger partial charge in [0.25, 0.3) is 5.91 Å². The molecule has 0 aromatic heterocycles. The average Bonchev–Trinajstić information content (AvgIpc) is 2.43. The molecular formula is C13H15NO5. The number of amides is 1. The molecule has 1 heterocycles. The Labute approximate surface area is 110 Å². The monoisotopic (exact) mass is 265 g/mol. The molecule has 1 atom stereocenters. The van der Waals surface area contributed by atoms with E-state index in [1.807, 2.05) is 6.07 Å². The van der Waals surface area contributed by atoms with Crippen LogP contribution in [-0.4, -0.2) is 47.7 Å². The second-order valence-electron chi connectivity index (χ2n) is 4.11. The average molecular weight is 265 g/mol. The second-order valence-corrected chi connectivity index (χ2v) is 4.11. The van der Waals surface area contributed by atoms with Crippen LogP contribution in [0.5, 0.6) is 11.5 Å². The molecule has 19 heavy (non-hydrogen) atoms. The zero-order valence-electron chi connectivity index (χ0n) is 10.5. The Morgan fingerprint density at radius 2 is 2.05 bits per heavy atom. The first-order valence-corrected chi connectivity index (χ1v) is 6.01. The van der Waals surface area contributed by atoms with Gasteiger partial charge in [0.05, 0.1) is 0 Å². The minimum Gasteiger partial charge on any atom is -0.485 e. The number of aliphatic carboxylic acids is 1. The number of ether oxygens (including phenoxy) is 2. The number of carboxylic acids is 1. The number of para-hydroxylation sites is 2. The fourth-order valence-electron chi connectivity index (χ4n) is 1.85. The van der Waals surface area contributed by atoms with Gasteiger partial charge in [0.15, 0.2) is 11.5 Å². The number of carboxylic acid groups (broad SMARTS) is 1. The SMILES string of the molecule is CCN(CC(=O)O)C(=O)C1COc2ccccc2O1. The van der Waals surface area contributed by atoms with Gasteiger partial charge in [-0.05, 0) is 19.1 Å². The fourth-order valence-corrected chi connectivity index (χ4v) is 1.85. The molecule has 0 saturated carbocycles. The topological polar surface area (TPSA) is 76.1 Å². The summed E-state index contributed by atoms with van der Waals surface area (Å²) in [6.07, 6.45) is -0.797. The highest BCUT2D eigenvalue weighted by molar-refractivity contribution is 5.85. The van der Waals surface area contributed by atoms with E-state index in [-0.39, 0.29) is 19.1 Å². The van der Waals surface area contributed by atoms with Crippen LogP contribution in [0.4, 0.5) is 0 Å². The first kappa shape index (κ1) is 13.2. The summed E-state index contributed by atoms with van der Waals surface area (Å²) in [6, 6.07) is 7.06. The van der Waals surface area contributed by atoms with Gasteiger partial charge < -0.3 is 19.5 Å². The quantitative estimate of drug-likeness (QED) is 0.869. The molecule has 1 unspecified atom stereocenters. The number of hydrogen-bond acceptors (Lipinski definition) is 4. The summed E-state index contributed by atoms with van der Waals surface area (Å²) in [5.74, 6) is -0.335. The molecule has 0 saturated heterocycles. The number of benzene rings is 1. The number of carbonyl (C=O) groups excluding carboxylic acids is 1. The highest BCUT2D eigenvalue weighted by Gasteiger charge is 2.31. The molecule has 1 aliphatic rings. The molecule has 0 fully saturated rings. The summed E-state index contributed by atoms with van der Waals surface area (Å²) in [7, 11) is 0. The normalized spacial score (nSPS) is 16.8. The third kappa shape index (κ3) is 2.96. The van der Waals surface area contributed by atoms with Crippen LogP contribution in [-0.2, 0) is 9.59 Å². The van der Waals surface area contributed by atoms with E-state index in [0.717, 1.165) is 0 Å². The van der Waals surface area contributed by atoms with Gasteiger partial charge in [0.2, 0.25) is 6.10 Å². The molecular weight excluding hydrogens is 250 g/mol. The smallest absolute Gasteiger partial charge is 0.323 e. The van der Waals surface area contributed by atoms with Crippen LogP contribution in [0.1, 0.15) is 6.92 Å². The van der Waals surface area contributed by atoms with E-state index in [2.05, 4.69) is 0 Å². The van der Waals surface area contributed by atoms with Crippen molar-refractivity contribution in [1.82, 2.24) is 4.90 Å². The maximum absolute atomic E-state index is 12.1. The van der Waals surface area contributed by atoms with Gasteiger partial charge in [-0.15, -0.1) is 0 Å². The summed E-state index contributed by atoms with van der Waals surface area (Å²) in [5, 5.41) is 8.75. The van der Waals surface area contributed by atoms with Gasteiger partial charge in [0, 0.05) is 6.54 Å². The highest BCUT2D eigenvalue weighted by atomic mass is 16.6. The molecule has 6 nitrogen and oxygen atoms in total. The van der Waals surface area contributed by atoms with Gasteiger partial charge in [-0.2, -0.15) is 0 Å². The third-order valence-electron chi connectivity index (χ3n) is 2.80. The summed E-state index contributed by atoms with van der Waals surface area (Å²) >= 11 is 0.